The highest BCUT2D eigenvalue weighted by atomic mass is 16.5. The molecule has 4 nitrogen and oxygen atoms in total. The van der Waals surface area contributed by atoms with Gasteiger partial charge in [-0.25, -0.2) is 0 Å². The molecule has 6 rings (SSSR count). The van der Waals surface area contributed by atoms with Crippen LogP contribution in [-0.4, -0.2) is 11.9 Å². The van der Waals surface area contributed by atoms with Crippen molar-refractivity contribution in [3.05, 3.63) is 96.1 Å². The number of carbonyl (C=O) groups excluding carboxylic acids is 2. The SMILES string of the molecule is CCC(=O)Oc1c2ccccc2c(-c2c3ccccc3c(OC(=O)CC)c3ccc(C)cc23)c2cc(C)ccc12. The molecule has 0 bridgehead atoms. The van der Waals surface area contributed by atoms with E-state index in [0.29, 0.717) is 11.5 Å². The fourth-order valence-corrected chi connectivity index (χ4v) is 5.64. The van der Waals surface area contributed by atoms with Gasteiger partial charge in [-0.3, -0.25) is 9.59 Å². The van der Waals surface area contributed by atoms with Crippen molar-refractivity contribution in [3.8, 4) is 22.6 Å². The highest BCUT2D eigenvalue weighted by Gasteiger charge is 2.23. The predicted octanol–water partition coefficient (Wildman–Crippen LogP) is 9.21. The molecular weight excluding hydrogens is 496 g/mol. The molecule has 198 valence electrons. The summed E-state index contributed by atoms with van der Waals surface area (Å²) < 4.78 is 12.0. The molecule has 0 amide bonds. The fourth-order valence-electron chi connectivity index (χ4n) is 5.64. The minimum atomic E-state index is -0.270. The Kier molecular flexibility index (Phi) is 6.47. The Hall–Kier alpha value is -4.70. The summed E-state index contributed by atoms with van der Waals surface area (Å²) in [6, 6.07) is 28.8. The predicted molar refractivity (Wildman–Crippen MR) is 163 cm³/mol. The molecule has 0 spiro atoms. The number of benzene rings is 6. The third-order valence-corrected chi connectivity index (χ3v) is 7.52. The Balaban J connectivity index is 1.86. The largest absolute Gasteiger partial charge is 0.425 e. The zero-order valence-corrected chi connectivity index (χ0v) is 23.1. The van der Waals surface area contributed by atoms with Gasteiger partial charge in [0.2, 0.25) is 0 Å². The molecule has 0 radical (unpaired) electrons. The molecule has 40 heavy (non-hydrogen) atoms. The lowest BCUT2D eigenvalue weighted by molar-refractivity contribution is -0.134. The lowest BCUT2D eigenvalue weighted by atomic mass is 9.84. The molecule has 0 unspecified atom stereocenters. The summed E-state index contributed by atoms with van der Waals surface area (Å²) in [7, 11) is 0. The van der Waals surface area contributed by atoms with Gasteiger partial charge in [0.25, 0.3) is 0 Å². The molecule has 0 fully saturated rings. The van der Waals surface area contributed by atoms with Crippen LogP contribution in [0.3, 0.4) is 0 Å². The van der Waals surface area contributed by atoms with Crippen LogP contribution < -0.4 is 9.47 Å². The molecule has 0 aliphatic rings. The van der Waals surface area contributed by atoms with Gasteiger partial charge in [0.1, 0.15) is 11.5 Å². The molecule has 0 aliphatic heterocycles. The van der Waals surface area contributed by atoms with Crippen molar-refractivity contribution in [2.45, 2.75) is 40.5 Å². The first-order valence-electron chi connectivity index (χ1n) is 13.7. The van der Waals surface area contributed by atoms with Gasteiger partial charge in [0.15, 0.2) is 0 Å². The number of ether oxygens (including phenoxy) is 2. The summed E-state index contributed by atoms with van der Waals surface area (Å²) >= 11 is 0. The monoisotopic (exact) mass is 526 g/mol. The number of hydrogen-bond donors (Lipinski definition) is 0. The van der Waals surface area contributed by atoms with Crippen molar-refractivity contribution < 1.29 is 19.1 Å². The normalized spacial score (nSPS) is 11.4. The van der Waals surface area contributed by atoms with Gasteiger partial charge in [-0.05, 0) is 46.5 Å². The van der Waals surface area contributed by atoms with E-state index < -0.39 is 0 Å². The maximum atomic E-state index is 12.6. The van der Waals surface area contributed by atoms with Gasteiger partial charge < -0.3 is 9.47 Å². The van der Waals surface area contributed by atoms with E-state index in [9.17, 15) is 9.59 Å². The van der Waals surface area contributed by atoms with E-state index in [1.807, 2.05) is 48.5 Å². The summed E-state index contributed by atoms with van der Waals surface area (Å²) in [6.45, 7) is 7.76. The Bertz CT molecular complexity index is 1840. The first kappa shape index (κ1) is 25.6. The van der Waals surface area contributed by atoms with Gasteiger partial charge in [-0.2, -0.15) is 0 Å². The standard InChI is InChI=1S/C36H30O4/c1-5-31(37)39-35-25-13-9-7-11-23(25)33(29-19-21(3)15-17-27(29)35)34-24-12-8-10-14-26(24)36(40-32(38)6-2)28-18-16-22(4)20-30(28)34/h7-20H,5-6H2,1-4H3. The van der Waals surface area contributed by atoms with E-state index in [2.05, 4.69) is 50.2 Å². The van der Waals surface area contributed by atoms with Crippen LogP contribution in [0.15, 0.2) is 84.9 Å². The van der Waals surface area contributed by atoms with Gasteiger partial charge in [-0.1, -0.05) is 110 Å². The number of aryl methyl sites for hydroxylation is 2. The summed E-state index contributed by atoms with van der Waals surface area (Å²) in [5.41, 5.74) is 4.33. The van der Waals surface area contributed by atoms with E-state index in [-0.39, 0.29) is 24.8 Å². The van der Waals surface area contributed by atoms with Gasteiger partial charge in [0, 0.05) is 34.4 Å². The molecule has 0 atom stereocenters. The number of fused-ring (bicyclic) bond motifs is 4. The van der Waals surface area contributed by atoms with E-state index in [4.69, 9.17) is 9.47 Å². The Labute approximate surface area is 233 Å². The summed E-state index contributed by atoms with van der Waals surface area (Å²) in [6.07, 6.45) is 0.575. The Morgan fingerprint density at radius 2 is 0.850 bits per heavy atom. The van der Waals surface area contributed by atoms with E-state index in [1.54, 1.807) is 13.8 Å². The van der Waals surface area contributed by atoms with Gasteiger partial charge in [0.05, 0.1) is 0 Å². The molecule has 0 N–H and O–H groups in total. The fraction of sp³-hybridized carbons (Fsp3) is 0.167. The zero-order valence-electron chi connectivity index (χ0n) is 23.1. The molecule has 6 aromatic rings. The second-order valence-corrected chi connectivity index (χ2v) is 10.3. The minimum absolute atomic E-state index is 0.270. The number of carbonyl (C=O) groups is 2. The second-order valence-electron chi connectivity index (χ2n) is 10.3. The highest BCUT2D eigenvalue weighted by molar-refractivity contribution is 6.27. The maximum Gasteiger partial charge on any atom is 0.310 e. The Morgan fingerprint density at radius 3 is 1.23 bits per heavy atom. The highest BCUT2D eigenvalue weighted by Crippen LogP contribution is 2.50. The minimum Gasteiger partial charge on any atom is -0.425 e. The molecule has 0 heterocycles. The van der Waals surface area contributed by atoms with Crippen LogP contribution >= 0.6 is 0 Å². The van der Waals surface area contributed by atoms with Crippen LogP contribution in [0.25, 0.3) is 54.2 Å². The van der Waals surface area contributed by atoms with Crippen molar-refractivity contribution in [3.63, 3.8) is 0 Å². The smallest absolute Gasteiger partial charge is 0.310 e. The average Bonchev–Trinajstić information content (AvgIpc) is 2.97. The van der Waals surface area contributed by atoms with Gasteiger partial charge in [-0.15, -0.1) is 0 Å². The van der Waals surface area contributed by atoms with E-state index in [0.717, 1.165) is 65.3 Å². The van der Waals surface area contributed by atoms with Crippen LogP contribution in [-0.2, 0) is 9.59 Å². The van der Waals surface area contributed by atoms with Crippen molar-refractivity contribution in [2.24, 2.45) is 0 Å². The number of hydrogen-bond acceptors (Lipinski definition) is 4. The van der Waals surface area contributed by atoms with E-state index >= 15 is 0 Å². The molecule has 0 saturated carbocycles. The van der Waals surface area contributed by atoms with Crippen molar-refractivity contribution >= 4 is 55.0 Å². The van der Waals surface area contributed by atoms with Crippen LogP contribution in [0.1, 0.15) is 37.8 Å². The number of esters is 2. The first-order chi connectivity index (χ1) is 19.4. The quantitative estimate of drug-likeness (QED) is 0.128. The van der Waals surface area contributed by atoms with Gasteiger partial charge >= 0.3 is 11.9 Å². The van der Waals surface area contributed by atoms with Crippen LogP contribution in [0.5, 0.6) is 11.5 Å². The lowest BCUT2D eigenvalue weighted by Crippen LogP contribution is -2.07. The third-order valence-electron chi connectivity index (χ3n) is 7.52. The van der Waals surface area contributed by atoms with Crippen LogP contribution in [0, 0.1) is 13.8 Å². The molecule has 0 aromatic heterocycles. The van der Waals surface area contributed by atoms with Crippen LogP contribution in [0.2, 0.25) is 0 Å². The lowest BCUT2D eigenvalue weighted by Gasteiger charge is -2.21. The summed E-state index contributed by atoms with van der Waals surface area (Å²) in [4.78, 5) is 25.1. The maximum absolute atomic E-state index is 12.6. The summed E-state index contributed by atoms with van der Waals surface area (Å²) in [5.74, 6) is 0.626. The van der Waals surface area contributed by atoms with E-state index in [1.165, 1.54) is 0 Å². The van der Waals surface area contributed by atoms with Crippen molar-refractivity contribution in [1.29, 1.82) is 0 Å². The second kappa shape index (κ2) is 10.1. The van der Waals surface area contributed by atoms with Crippen molar-refractivity contribution in [1.82, 2.24) is 0 Å². The summed E-state index contributed by atoms with van der Waals surface area (Å²) in [5, 5.41) is 7.51. The zero-order chi connectivity index (χ0) is 28.0. The molecule has 0 saturated heterocycles. The topological polar surface area (TPSA) is 52.6 Å². The number of rotatable bonds is 5. The molecule has 4 heteroatoms. The van der Waals surface area contributed by atoms with Crippen molar-refractivity contribution in [2.75, 3.05) is 0 Å². The average molecular weight is 527 g/mol. The molecular formula is C36H30O4. The first-order valence-corrected chi connectivity index (χ1v) is 13.7. The molecule has 0 aliphatic carbocycles. The van der Waals surface area contributed by atoms with Crippen LogP contribution in [0.4, 0.5) is 0 Å². The molecule has 6 aromatic carbocycles. The Morgan fingerprint density at radius 1 is 0.500 bits per heavy atom. The third kappa shape index (κ3) is 4.17.